The summed E-state index contributed by atoms with van der Waals surface area (Å²) in [7, 11) is 3.03. The molecule has 2 aromatic carbocycles. The first-order valence-corrected chi connectivity index (χ1v) is 11.0. The normalized spacial score (nSPS) is 13.5. The highest BCUT2D eigenvalue weighted by molar-refractivity contribution is 6.68. The van der Waals surface area contributed by atoms with E-state index < -0.39 is 26.1 Å². The number of carbonyl (C=O) groups is 1. The van der Waals surface area contributed by atoms with E-state index >= 15 is 0 Å². The standard InChI is InChI=1S/C19H18Cl6N2O5/c1-29-11-3-7-13(8-4-11)31-15(18(20,21)22)26-17(28)27-16(19(23,24)25)32-14-9-5-12(30-2)6-10-14/h3-10,15-16H,1-2H3,(H2,26,27,28). The molecule has 0 heterocycles. The van der Waals surface area contributed by atoms with E-state index in [1.165, 1.54) is 14.2 Å². The van der Waals surface area contributed by atoms with Gasteiger partial charge < -0.3 is 18.9 Å². The molecule has 0 fully saturated rings. The Morgan fingerprint density at radius 3 is 1.19 bits per heavy atom. The quantitative estimate of drug-likeness (QED) is 0.309. The number of hydrogen-bond donors (Lipinski definition) is 2. The Kier molecular flexibility index (Phi) is 9.82. The van der Waals surface area contributed by atoms with Crippen molar-refractivity contribution in [2.75, 3.05) is 14.2 Å². The van der Waals surface area contributed by atoms with E-state index in [-0.39, 0.29) is 0 Å². The van der Waals surface area contributed by atoms with Gasteiger partial charge in [0.05, 0.1) is 14.2 Å². The van der Waals surface area contributed by atoms with Crippen molar-refractivity contribution in [1.82, 2.24) is 10.6 Å². The molecule has 2 aromatic rings. The van der Waals surface area contributed by atoms with Crippen LogP contribution in [0.2, 0.25) is 0 Å². The minimum absolute atomic E-state index is 0.301. The minimum Gasteiger partial charge on any atom is -0.497 e. The van der Waals surface area contributed by atoms with Gasteiger partial charge in [-0.3, -0.25) is 10.6 Å². The highest BCUT2D eigenvalue weighted by atomic mass is 35.6. The molecular weight excluding hydrogens is 549 g/mol. The van der Waals surface area contributed by atoms with Gasteiger partial charge in [-0.05, 0) is 48.5 Å². The van der Waals surface area contributed by atoms with Gasteiger partial charge in [-0.2, -0.15) is 0 Å². The van der Waals surface area contributed by atoms with Gasteiger partial charge in [0.15, 0.2) is 0 Å². The summed E-state index contributed by atoms with van der Waals surface area (Å²) in [4.78, 5) is 12.6. The molecule has 2 unspecified atom stereocenters. The number of carbonyl (C=O) groups excluding carboxylic acids is 1. The highest BCUT2D eigenvalue weighted by Crippen LogP contribution is 2.34. The van der Waals surface area contributed by atoms with E-state index in [2.05, 4.69) is 10.6 Å². The number of amides is 2. The maximum absolute atomic E-state index is 12.6. The maximum Gasteiger partial charge on any atom is 0.320 e. The average Bonchev–Trinajstić information content (AvgIpc) is 2.72. The Hall–Kier alpha value is -1.35. The van der Waals surface area contributed by atoms with E-state index in [0.29, 0.717) is 23.0 Å². The lowest BCUT2D eigenvalue weighted by Gasteiger charge is -2.29. The van der Waals surface area contributed by atoms with E-state index in [4.69, 9.17) is 88.6 Å². The Bertz CT molecular complexity index is 800. The molecule has 0 aliphatic carbocycles. The lowest BCUT2D eigenvalue weighted by Crippen LogP contribution is -2.56. The summed E-state index contributed by atoms with van der Waals surface area (Å²) in [6, 6.07) is 11.9. The first-order chi connectivity index (χ1) is 14.9. The van der Waals surface area contributed by atoms with Gasteiger partial charge in [0.25, 0.3) is 0 Å². The second-order valence-electron chi connectivity index (χ2n) is 6.05. The molecule has 0 bridgehead atoms. The molecule has 2 atom stereocenters. The number of benzene rings is 2. The molecule has 7 nitrogen and oxygen atoms in total. The highest BCUT2D eigenvalue weighted by Gasteiger charge is 2.40. The molecule has 0 aliphatic rings. The minimum atomic E-state index is -2.04. The van der Waals surface area contributed by atoms with Crippen LogP contribution in [-0.2, 0) is 0 Å². The van der Waals surface area contributed by atoms with Crippen molar-refractivity contribution >= 4 is 75.6 Å². The topological polar surface area (TPSA) is 78.1 Å². The molecule has 0 aromatic heterocycles. The zero-order valence-corrected chi connectivity index (χ0v) is 21.1. The molecule has 32 heavy (non-hydrogen) atoms. The largest absolute Gasteiger partial charge is 0.497 e. The summed E-state index contributed by atoms with van der Waals surface area (Å²) in [5.74, 6) is 1.79. The van der Waals surface area contributed by atoms with Gasteiger partial charge in [-0.15, -0.1) is 0 Å². The van der Waals surface area contributed by atoms with Gasteiger partial charge >= 0.3 is 6.03 Å². The van der Waals surface area contributed by atoms with Crippen LogP contribution in [0.15, 0.2) is 48.5 Å². The number of urea groups is 1. The summed E-state index contributed by atoms with van der Waals surface area (Å²) in [5.41, 5.74) is 0. The number of hydrogen-bond acceptors (Lipinski definition) is 5. The fourth-order valence-corrected chi connectivity index (χ4v) is 2.81. The lowest BCUT2D eigenvalue weighted by atomic mass is 10.3. The molecule has 0 aliphatic heterocycles. The van der Waals surface area contributed by atoms with Crippen molar-refractivity contribution in [2.24, 2.45) is 0 Å². The summed E-state index contributed by atoms with van der Waals surface area (Å²) < 4.78 is 17.2. The van der Waals surface area contributed by atoms with Crippen molar-refractivity contribution in [3.05, 3.63) is 48.5 Å². The number of ether oxygens (including phenoxy) is 4. The summed E-state index contributed by atoms with van der Waals surface area (Å²) >= 11 is 35.7. The second kappa shape index (κ2) is 11.7. The molecular formula is C19H18Cl6N2O5. The second-order valence-corrected chi connectivity index (χ2v) is 10.8. The van der Waals surface area contributed by atoms with Crippen molar-refractivity contribution in [2.45, 2.75) is 20.0 Å². The van der Waals surface area contributed by atoms with Gasteiger partial charge in [0.2, 0.25) is 20.0 Å². The molecule has 0 saturated carbocycles. The van der Waals surface area contributed by atoms with Crippen molar-refractivity contribution in [1.29, 1.82) is 0 Å². The van der Waals surface area contributed by atoms with E-state index in [1.54, 1.807) is 48.5 Å². The number of halogens is 6. The maximum atomic E-state index is 12.6. The van der Waals surface area contributed by atoms with E-state index in [0.717, 1.165) is 0 Å². The van der Waals surface area contributed by atoms with E-state index in [9.17, 15) is 4.79 Å². The first-order valence-electron chi connectivity index (χ1n) is 8.74. The van der Waals surface area contributed by atoms with Crippen LogP contribution in [0.1, 0.15) is 0 Å². The molecule has 2 amide bonds. The third-order valence-corrected chi connectivity index (χ3v) is 4.93. The number of alkyl halides is 6. The van der Waals surface area contributed by atoms with Crippen molar-refractivity contribution in [3.8, 4) is 23.0 Å². The SMILES string of the molecule is COc1ccc(OC(NC(=O)NC(Oc2ccc(OC)cc2)C(Cl)(Cl)Cl)C(Cl)(Cl)Cl)cc1. The summed E-state index contributed by atoms with van der Waals surface area (Å²) in [6.07, 6.45) is -2.81. The molecule has 176 valence electrons. The van der Waals surface area contributed by atoms with E-state index in [1.807, 2.05) is 0 Å². The van der Waals surface area contributed by atoms with Crippen LogP contribution in [0, 0.1) is 0 Å². The monoisotopic (exact) mass is 564 g/mol. The molecule has 0 spiro atoms. The average molecular weight is 567 g/mol. The van der Waals surface area contributed by atoms with Crippen LogP contribution in [0.4, 0.5) is 4.79 Å². The van der Waals surface area contributed by atoms with Crippen LogP contribution in [-0.4, -0.2) is 40.3 Å². The number of methoxy groups -OCH3 is 2. The predicted molar refractivity (Wildman–Crippen MR) is 127 cm³/mol. The van der Waals surface area contributed by atoms with Gasteiger partial charge in [-0.25, -0.2) is 4.79 Å². The predicted octanol–water partition coefficient (Wildman–Crippen LogP) is 5.85. The zero-order chi connectivity index (χ0) is 23.9. The smallest absolute Gasteiger partial charge is 0.320 e. The summed E-state index contributed by atoms with van der Waals surface area (Å²) in [5, 5.41) is 4.73. The van der Waals surface area contributed by atoms with Crippen LogP contribution in [0.5, 0.6) is 23.0 Å². The Labute approximate surface area is 215 Å². The molecule has 13 heteroatoms. The van der Waals surface area contributed by atoms with Crippen LogP contribution >= 0.6 is 69.6 Å². The van der Waals surface area contributed by atoms with Gasteiger partial charge in [0.1, 0.15) is 23.0 Å². The lowest BCUT2D eigenvalue weighted by molar-refractivity contribution is 0.141. The Morgan fingerprint density at radius 2 is 0.938 bits per heavy atom. The molecule has 0 radical (unpaired) electrons. The van der Waals surface area contributed by atoms with Gasteiger partial charge in [0, 0.05) is 0 Å². The zero-order valence-electron chi connectivity index (χ0n) is 16.6. The fraction of sp³-hybridized carbons (Fsp3) is 0.316. The fourth-order valence-electron chi connectivity index (χ4n) is 2.22. The van der Waals surface area contributed by atoms with Crippen molar-refractivity contribution < 1.29 is 23.7 Å². The van der Waals surface area contributed by atoms with Crippen molar-refractivity contribution in [3.63, 3.8) is 0 Å². The number of rotatable bonds is 8. The Balaban J connectivity index is 2.09. The molecule has 2 rings (SSSR count). The first kappa shape index (κ1) is 26.9. The third kappa shape index (κ3) is 8.54. The van der Waals surface area contributed by atoms with Crippen LogP contribution in [0.3, 0.4) is 0 Å². The number of nitrogens with one attached hydrogen (secondary N) is 2. The summed E-state index contributed by atoms with van der Waals surface area (Å²) in [6.45, 7) is 0. The third-order valence-electron chi connectivity index (χ3n) is 3.75. The van der Waals surface area contributed by atoms with Gasteiger partial charge in [-0.1, -0.05) is 69.6 Å². The van der Waals surface area contributed by atoms with Crippen LogP contribution in [0.25, 0.3) is 0 Å². The molecule has 2 N–H and O–H groups in total. The Morgan fingerprint density at radius 1 is 0.656 bits per heavy atom. The molecule has 0 saturated heterocycles. The van der Waals surface area contributed by atoms with Crippen LogP contribution < -0.4 is 29.6 Å².